The normalized spacial score (nSPS) is 18.9. The molecule has 0 amide bonds. The van der Waals surface area contributed by atoms with Crippen LogP contribution >= 0.6 is 11.6 Å². The molecule has 0 radical (unpaired) electrons. The zero-order valence-corrected chi connectivity index (χ0v) is 10.7. The number of ketones is 1. The molecule has 1 aromatic carbocycles. The fraction of sp³-hybridized carbons (Fsp3) is 0.462. The minimum atomic E-state index is -0.0735. The van der Waals surface area contributed by atoms with E-state index in [1.54, 1.807) is 12.1 Å². The molecule has 3 nitrogen and oxygen atoms in total. The van der Waals surface area contributed by atoms with Crippen molar-refractivity contribution in [1.29, 1.82) is 0 Å². The van der Waals surface area contributed by atoms with Gasteiger partial charge < -0.3 is 5.32 Å². The first-order valence-electron chi connectivity index (χ1n) is 5.93. The SMILES string of the molecule is CC(C(=O)c1cccc(Cl)c1)N1CCNCC1. The summed E-state index contributed by atoms with van der Waals surface area (Å²) in [5.41, 5.74) is 0.698. The van der Waals surface area contributed by atoms with Gasteiger partial charge in [-0.05, 0) is 19.1 Å². The Hall–Kier alpha value is -0.900. The molecule has 4 heteroatoms. The Morgan fingerprint density at radius 3 is 2.76 bits per heavy atom. The molecule has 0 aromatic heterocycles. The quantitative estimate of drug-likeness (QED) is 0.833. The molecule has 17 heavy (non-hydrogen) atoms. The van der Waals surface area contributed by atoms with Crippen LogP contribution in [0.2, 0.25) is 5.02 Å². The van der Waals surface area contributed by atoms with Crippen LogP contribution in [0.15, 0.2) is 24.3 Å². The van der Waals surface area contributed by atoms with E-state index in [0.717, 1.165) is 26.2 Å². The van der Waals surface area contributed by atoms with Crippen LogP contribution in [0, 0.1) is 0 Å². The van der Waals surface area contributed by atoms with Crippen LogP contribution in [0.3, 0.4) is 0 Å². The number of piperazine rings is 1. The van der Waals surface area contributed by atoms with Crippen molar-refractivity contribution in [3.63, 3.8) is 0 Å². The summed E-state index contributed by atoms with van der Waals surface area (Å²) in [6, 6.07) is 7.10. The molecule has 0 saturated carbocycles. The first-order valence-corrected chi connectivity index (χ1v) is 6.31. The first kappa shape index (κ1) is 12.6. The average molecular weight is 253 g/mol. The second-order valence-corrected chi connectivity index (χ2v) is 4.77. The van der Waals surface area contributed by atoms with Gasteiger partial charge in [-0.1, -0.05) is 23.7 Å². The first-order chi connectivity index (χ1) is 8.18. The van der Waals surface area contributed by atoms with Crippen molar-refractivity contribution in [3.05, 3.63) is 34.9 Å². The van der Waals surface area contributed by atoms with Crippen LogP contribution < -0.4 is 5.32 Å². The van der Waals surface area contributed by atoms with E-state index in [1.165, 1.54) is 0 Å². The average Bonchev–Trinajstić information content (AvgIpc) is 2.38. The molecule has 1 unspecified atom stereocenters. The van der Waals surface area contributed by atoms with Gasteiger partial charge in [0.15, 0.2) is 5.78 Å². The molecule has 1 N–H and O–H groups in total. The summed E-state index contributed by atoms with van der Waals surface area (Å²) in [5.74, 6) is 0.148. The van der Waals surface area contributed by atoms with Crippen LogP contribution in [-0.2, 0) is 0 Å². The maximum absolute atomic E-state index is 12.3. The van der Waals surface area contributed by atoms with Gasteiger partial charge in [0.25, 0.3) is 0 Å². The summed E-state index contributed by atoms with van der Waals surface area (Å²) >= 11 is 5.90. The van der Waals surface area contributed by atoms with E-state index < -0.39 is 0 Å². The predicted molar refractivity (Wildman–Crippen MR) is 69.7 cm³/mol. The summed E-state index contributed by atoms with van der Waals surface area (Å²) in [5, 5.41) is 3.90. The Morgan fingerprint density at radius 1 is 1.41 bits per heavy atom. The van der Waals surface area contributed by atoms with Crippen LogP contribution in [0.25, 0.3) is 0 Å². The largest absolute Gasteiger partial charge is 0.314 e. The molecular weight excluding hydrogens is 236 g/mol. The van der Waals surface area contributed by atoms with Gasteiger partial charge in [-0.3, -0.25) is 9.69 Å². The number of hydrogen-bond acceptors (Lipinski definition) is 3. The smallest absolute Gasteiger partial charge is 0.179 e. The lowest BCUT2D eigenvalue weighted by Crippen LogP contribution is -2.50. The van der Waals surface area contributed by atoms with Crippen molar-refractivity contribution in [2.24, 2.45) is 0 Å². The lowest BCUT2D eigenvalue weighted by molar-refractivity contribution is 0.0820. The van der Waals surface area contributed by atoms with Gasteiger partial charge in [-0.2, -0.15) is 0 Å². The second-order valence-electron chi connectivity index (χ2n) is 4.34. The van der Waals surface area contributed by atoms with E-state index in [-0.39, 0.29) is 11.8 Å². The maximum atomic E-state index is 12.3. The minimum Gasteiger partial charge on any atom is -0.314 e. The minimum absolute atomic E-state index is 0.0735. The fourth-order valence-corrected chi connectivity index (χ4v) is 2.31. The van der Waals surface area contributed by atoms with Crippen molar-refractivity contribution < 1.29 is 4.79 Å². The highest BCUT2D eigenvalue weighted by atomic mass is 35.5. The Balaban J connectivity index is 2.08. The Bertz CT molecular complexity index is 402. The molecular formula is C13H17ClN2O. The van der Waals surface area contributed by atoms with Crippen molar-refractivity contribution in [2.75, 3.05) is 26.2 Å². The standard InChI is InChI=1S/C13H17ClN2O/c1-10(16-7-5-15-6-8-16)13(17)11-3-2-4-12(14)9-11/h2-4,9-10,15H,5-8H2,1H3. The third kappa shape index (κ3) is 3.06. The van der Waals surface area contributed by atoms with Gasteiger partial charge in [-0.25, -0.2) is 0 Å². The number of hydrogen-bond donors (Lipinski definition) is 1. The lowest BCUT2D eigenvalue weighted by atomic mass is 10.0. The molecule has 1 aliphatic rings. The van der Waals surface area contributed by atoms with Gasteiger partial charge in [0.1, 0.15) is 0 Å². The van der Waals surface area contributed by atoms with E-state index >= 15 is 0 Å². The number of nitrogens with one attached hydrogen (secondary N) is 1. The van der Waals surface area contributed by atoms with Gasteiger partial charge >= 0.3 is 0 Å². The number of Topliss-reactive ketones (excluding diaryl/α,β-unsaturated/α-hetero) is 1. The highest BCUT2D eigenvalue weighted by molar-refractivity contribution is 6.31. The highest BCUT2D eigenvalue weighted by Crippen LogP contribution is 2.14. The van der Waals surface area contributed by atoms with Crippen LogP contribution in [-0.4, -0.2) is 42.9 Å². The van der Waals surface area contributed by atoms with E-state index in [2.05, 4.69) is 10.2 Å². The molecule has 0 bridgehead atoms. The highest BCUT2D eigenvalue weighted by Gasteiger charge is 2.23. The van der Waals surface area contributed by atoms with Crippen LogP contribution in [0.5, 0.6) is 0 Å². The summed E-state index contributed by atoms with van der Waals surface area (Å²) in [7, 11) is 0. The van der Waals surface area contributed by atoms with Crippen LogP contribution in [0.1, 0.15) is 17.3 Å². The molecule has 2 rings (SSSR count). The molecule has 1 saturated heterocycles. The fourth-order valence-electron chi connectivity index (χ4n) is 2.12. The molecule has 0 spiro atoms. The Kier molecular flexibility index (Phi) is 4.15. The molecule has 1 heterocycles. The summed E-state index contributed by atoms with van der Waals surface area (Å²) < 4.78 is 0. The lowest BCUT2D eigenvalue weighted by Gasteiger charge is -2.31. The molecule has 0 aliphatic carbocycles. The van der Waals surface area contributed by atoms with Crippen molar-refractivity contribution in [3.8, 4) is 0 Å². The molecule has 1 fully saturated rings. The maximum Gasteiger partial charge on any atom is 0.179 e. The predicted octanol–water partition coefficient (Wildman–Crippen LogP) is 1.82. The number of rotatable bonds is 3. The van der Waals surface area contributed by atoms with E-state index in [4.69, 9.17) is 11.6 Å². The van der Waals surface area contributed by atoms with Gasteiger partial charge in [-0.15, -0.1) is 0 Å². The van der Waals surface area contributed by atoms with Crippen molar-refractivity contribution in [1.82, 2.24) is 10.2 Å². The molecule has 1 aromatic rings. The summed E-state index contributed by atoms with van der Waals surface area (Å²) in [6.45, 7) is 5.72. The van der Waals surface area contributed by atoms with E-state index in [9.17, 15) is 4.79 Å². The van der Waals surface area contributed by atoms with Crippen molar-refractivity contribution in [2.45, 2.75) is 13.0 Å². The van der Waals surface area contributed by atoms with E-state index in [0.29, 0.717) is 10.6 Å². The number of halogens is 1. The van der Waals surface area contributed by atoms with Gasteiger partial charge in [0.05, 0.1) is 6.04 Å². The molecule has 1 aliphatic heterocycles. The molecule has 92 valence electrons. The van der Waals surface area contributed by atoms with E-state index in [1.807, 2.05) is 19.1 Å². The van der Waals surface area contributed by atoms with Gasteiger partial charge in [0, 0.05) is 36.8 Å². The number of carbonyl (C=O) groups is 1. The third-order valence-corrected chi connectivity index (χ3v) is 3.42. The topological polar surface area (TPSA) is 32.3 Å². The third-order valence-electron chi connectivity index (χ3n) is 3.19. The Labute approximate surface area is 107 Å². The summed E-state index contributed by atoms with van der Waals surface area (Å²) in [4.78, 5) is 14.5. The van der Waals surface area contributed by atoms with Crippen molar-refractivity contribution >= 4 is 17.4 Å². The Morgan fingerprint density at radius 2 is 2.12 bits per heavy atom. The van der Waals surface area contributed by atoms with Crippen LogP contribution in [0.4, 0.5) is 0 Å². The number of carbonyl (C=O) groups excluding carboxylic acids is 1. The van der Waals surface area contributed by atoms with Gasteiger partial charge in [0.2, 0.25) is 0 Å². The second kappa shape index (κ2) is 5.63. The monoisotopic (exact) mass is 252 g/mol. The zero-order chi connectivity index (χ0) is 12.3. The number of benzene rings is 1. The molecule has 1 atom stereocenters. The zero-order valence-electron chi connectivity index (χ0n) is 9.95. The number of nitrogens with zero attached hydrogens (tertiary/aromatic N) is 1. The summed E-state index contributed by atoms with van der Waals surface area (Å²) in [6.07, 6.45) is 0.